The number of rotatable bonds is 11. The lowest BCUT2D eigenvalue weighted by Crippen LogP contribution is -2.69. The molecule has 0 saturated carbocycles. The molecule has 42 heavy (non-hydrogen) atoms. The van der Waals surface area contributed by atoms with Gasteiger partial charge in [-0.1, -0.05) is 112 Å². The Morgan fingerprint density at radius 2 is 1.14 bits per heavy atom. The van der Waals surface area contributed by atoms with Crippen molar-refractivity contribution in [2.75, 3.05) is 13.1 Å². The molecule has 0 spiro atoms. The van der Waals surface area contributed by atoms with E-state index >= 15 is 0 Å². The topological polar surface area (TPSA) is 40.2 Å². The fraction of sp³-hybridized carbons (Fsp3) is 0.500. The number of nitrogens with zero attached hydrogens (tertiary/aromatic N) is 1. The Kier molecular flexibility index (Phi) is 10.4. The SMILES string of the molecule is CC(C)(C)[Si](C)(C)O[C@@H]1CCCN2C[C@@H](OCc3ccccc3)[C@@H](OCc3ccccc3)[C@H](OCc3ccccc3)[C@@H]12. The van der Waals surface area contributed by atoms with E-state index in [1.807, 2.05) is 12.1 Å². The van der Waals surface area contributed by atoms with Crippen molar-refractivity contribution in [3.8, 4) is 0 Å². The third-order valence-electron chi connectivity index (χ3n) is 9.31. The van der Waals surface area contributed by atoms with Gasteiger partial charge in [0.2, 0.25) is 0 Å². The standard InChI is InChI=1S/C36H49NO4Si/c1-36(2,3)42(4,5)41-31-22-15-23-37-24-32(38-25-28-16-9-6-10-17-28)34(39-26-29-18-11-7-12-19-29)35(33(31)37)40-27-30-20-13-8-14-21-30/h6-14,16-21,31-35H,15,22-27H2,1-5H3/t31-,32-,33-,34-,35-/m1/s1. The molecule has 0 aliphatic carbocycles. The average molecular weight is 588 g/mol. The summed E-state index contributed by atoms with van der Waals surface area (Å²) in [5, 5.41) is 0.134. The second-order valence-corrected chi connectivity index (χ2v) is 18.2. The van der Waals surface area contributed by atoms with E-state index in [0.717, 1.165) is 37.1 Å². The van der Waals surface area contributed by atoms with Crippen LogP contribution in [0.1, 0.15) is 50.3 Å². The van der Waals surface area contributed by atoms with Crippen LogP contribution in [0.5, 0.6) is 0 Å². The minimum absolute atomic E-state index is 0.0957. The monoisotopic (exact) mass is 587 g/mol. The number of ether oxygens (including phenoxy) is 3. The summed E-state index contributed by atoms with van der Waals surface area (Å²) in [6.45, 7) is 15.1. The van der Waals surface area contributed by atoms with Gasteiger partial charge in [-0.2, -0.15) is 0 Å². The van der Waals surface area contributed by atoms with Gasteiger partial charge < -0.3 is 18.6 Å². The number of hydrogen-bond acceptors (Lipinski definition) is 5. The first-order valence-electron chi connectivity index (χ1n) is 15.6. The lowest BCUT2D eigenvalue weighted by Gasteiger charge is -2.54. The lowest BCUT2D eigenvalue weighted by atomic mass is 9.85. The molecular formula is C36H49NO4Si. The molecule has 2 heterocycles. The molecule has 2 saturated heterocycles. The van der Waals surface area contributed by atoms with Gasteiger partial charge in [-0.05, 0) is 54.2 Å². The van der Waals surface area contributed by atoms with Crippen LogP contribution in [0.3, 0.4) is 0 Å². The number of hydrogen-bond donors (Lipinski definition) is 0. The molecular weight excluding hydrogens is 538 g/mol. The van der Waals surface area contributed by atoms with Crippen LogP contribution in [0.2, 0.25) is 18.1 Å². The summed E-state index contributed by atoms with van der Waals surface area (Å²) in [7, 11) is -2.01. The highest BCUT2D eigenvalue weighted by Gasteiger charge is 2.52. The van der Waals surface area contributed by atoms with E-state index in [1.54, 1.807) is 0 Å². The van der Waals surface area contributed by atoms with Gasteiger partial charge in [-0.15, -0.1) is 0 Å². The van der Waals surface area contributed by atoms with E-state index in [4.69, 9.17) is 18.6 Å². The fourth-order valence-electron chi connectivity index (χ4n) is 5.96. The molecule has 2 aliphatic rings. The third kappa shape index (κ3) is 7.79. The van der Waals surface area contributed by atoms with Crippen molar-refractivity contribution in [1.82, 2.24) is 4.90 Å². The number of fused-ring (bicyclic) bond motifs is 1. The molecule has 3 aromatic rings. The maximum absolute atomic E-state index is 7.19. The van der Waals surface area contributed by atoms with Gasteiger partial charge in [0.25, 0.3) is 0 Å². The molecule has 2 aliphatic heterocycles. The second-order valence-electron chi connectivity index (χ2n) is 13.4. The largest absolute Gasteiger partial charge is 0.412 e. The van der Waals surface area contributed by atoms with Crippen LogP contribution in [0.4, 0.5) is 0 Å². The Morgan fingerprint density at radius 3 is 1.64 bits per heavy atom. The van der Waals surface area contributed by atoms with Gasteiger partial charge in [0, 0.05) is 6.54 Å². The van der Waals surface area contributed by atoms with Crippen LogP contribution < -0.4 is 0 Å². The zero-order valence-corrected chi connectivity index (χ0v) is 27.1. The molecule has 5 nitrogen and oxygen atoms in total. The van der Waals surface area contributed by atoms with Crippen LogP contribution in [-0.2, 0) is 38.5 Å². The average Bonchev–Trinajstić information content (AvgIpc) is 2.99. The molecule has 2 fully saturated rings. The maximum Gasteiger partial charge on any atom is 0.192 e. The van der Waals surface area contributed by atoms with E-state index in [-0.39, 0.29) is 35.5 Å². The highest BCUT2D eigenvalue weighted by molar-refractivity contribution is 6.74. The van der Waals surface area contributed by atoms with Crippen LogP contribution >= 0.6 is 0 Å². The highest BCUT2D eigenvalue weighted by atomic mass is 28.4. The molecule has 0 aromatic heterocycles. The summed E-state index contributed by atoms with van der Waals surface area (Å²) in [5.74, 6) is 0. The summed E-state index contributed by atoms with van der Waals surface area (Å²) in [5.41, 5.74) is 3.48. The van der Waals surface area contributed by atoms with Crippen molar-refractivity contribution in [3.05, 3.63) is 108 Å². The summed E-state index contributed by atoms with van der Waals surface area (Å²) >= 11 is 0. The number of benzene rings is 3. The van der Waals surface area contributed by atoms with Crippen LogP contribution in [0.25, 0.3) is 0 Å². The normalized spacial score (nSPS) is 25.2. The van der Waals surface area contributed by atoms with Crippen LogP contribution in [0, 0.1) is 0 Å². The van der Waals surface area contributed by atoms with Gasteiger partial charge in [-0.3, -0.25) is 4.90 Å². The Labute approximate surface area is 254 Å². The Morgan fingerprint density at radius 1 is 0.667 bits per heavy atom. The molecule has 5 rings (SSSR count). The summed E-state index contributed by atoms with van der Waals surface area (Å²) in [6, 6.07) is 31.4. The summed E-state index contributed by atoms with van der Waals surface area (Å²) < 4.78 is 27.7. The van der Waals surface area contributed by atoms with E-state index in [2.05, 4.69) is 118 Å². The Balaban J connectivity index is 1.46. The van der Waals surface area contributed by atoms with Crippen molar-refractivity contribution in [1.29, 1.82) is 0 Å². The van der Waals surface area contributed by atoms with Crippen molar-refractivity contribution >= 4 is 8.32 Å². The van der Waals surface area contributed by atoms with Gasteiger partial charge in [0.15, 0.2) is 8.32 Å². The zero-order chi connectivity index (χ0) is 29.6. The van der Waals surface area contributed by atoms with Crippen molar-refractivity contribution in [2.45, 2.75) is 102 Å². The predicted molar refractivity (Wildman–Crippen MR) is 172 cm³/mol. The van der Waals surface area contributed by atoms with E-state index in [1.165, 1.54) is 5.56 Å². The third-order valence-corrected chi connectivity index (χ3v) is 13.8. The lowest BCUT2D eigenvalue weighted by molar-refractivity contribution is -0.221. The van der Waals surface area contributed by atoms with E-state index < -0.39 is 8.32 Å². The molecule has 0 radical (unpaired) electrons. The second kappa shape index (κ2) is 14.0. The van der Waals surface area contributed by atoms with Gasteiger partial charge in [0.05, 0.1) is 38.1 Å². The van der Waals surface area contributed by atoms with Gasteiger partial charge >= 0.3 is 0 Å². The smallest absolute Gasteiger partial charge is 0.192 e. The number of piperidine rings is 2. The predicted octanol–water partition coefficient (Wildman–Crippen LogP) is 7.61. The molecule has 0 bridgehead atoms. The Hall–Kier alpha value is -2.32. The first kappa shape index (κ1) is 31.1. The van der Waals surface area contributed by atoms with Crippen LogP contribution in [-0.4, -0.2) is 56.8 Å². The molecule has 5 atom stereocenters. The first-order valence-corrected chi connectivity index (χ1v) is 18.5. The van der Waals surface area contributed by atoms with Crippen molar-refractivity contribution in [3.63, 3.8) is 0 Å². The summed E-state index contributed by atoms with van der Waals surface area (Å²) in [6.07, 6.45) is 1.69. The minimum Gasteiger partial charge on any atom is -0.412 e. The molecule has 3 aromatic carbocycles. The zero-order valence-electron chi connectivity index (χ0n) is 26.1. The summed E-state index contributed by atoms with van der Waals surface area (Å²) in [4.78, 5) is 2.58. The first-order chi connectivity index (χ1) is 20.2. The van der Waals surface area contributed by atoms with Gasteiger partial charge in [-0.25, -0.2) is 0 Å². The maximum atomic E-state index is 7.19. The van der Waals surface area contributed by atoms with Crippen LogP contribution in [0.15, 0.2) is 91.0 Å². The highest BCUT2D eigenvalue weighted by Crippen LogP contribution is 2.41. The van der Waals surface area contributed by atoms with E-state index in [9.17, 15) is 0 Å². The van der Waals surface area contributed by atoms with Crippen molar-refractivity contribution < 1.29 is 18.6 Å². The minimum atomic E-state index is -2.01. The van der Waals surface area contributed by atoms with Crippen molar-refractivity contribution in [2.24, 2.45) is 0 Å². The van der Waals surface area contributed by atoms with E-state index in [0.29, 0.717) is 19.8 Å². The molecule has 226 valence electrons. The molecule has 0 unspecified atom stereocenters. The quantitative estimate of drug-likeness (QED) is 0.216. The Bertz CT molecular complexity index is 1220. The fourth-order valence-corrected chi connectivity index (χ4v) is 7.33. The molecule has 6 heteroatoms. The van der Waals surface area contributed by atoms with Gasteiger partial charge in [0.1, 0.15) is 12.2 Å². The molecule has 0 N–H and O–H groups in total. The molecule has 0 amide bonds.